The molecular weight excluding hydrogens is 306 g/mol. The molecule has 4 N–H and O–H groups in total. The molecule has 24 heavy (non-hydrogen) atoms. The largest absolute Gasteiger partial charge is 0.394 e. The number of aromatic nitrogens is 2. The molecule has 0 aliphatic carbocycles. The van der Waals surface area contributed by atoms with Crippen LogP contribution in [0.15, 0.2) is 35.1 Å². The normalized spacial score (nSPS) is 17.4. The third kappa shape index (κ3) is 3.62. The Morgan fingerprint density at radius 2 is 2.21 bits per heavy atom. The predicted octanol–water partition coefficient (Wildman–Crippen LogP) is 1.39. The van der Waals surface area contributed by atoms with E-state index in [0.717, 1.165) is 22.9 Å². The summed E-state index contributed by atoms with van der Waals surface area (Å²) in [6.45, 7) is 4.15. The number of carbonyl (C=O) groups excluding carboxylic acids is 1. The highest BCUT2D eigenvalue weighted by molar-refractivity contribution is 6.13. The minimum atomic E-state index is -0.258. The van der Waals surface area contributed by atoms with Crippen LogP contribution >= 0.6 is 0 Å². The molecule has 1 atom stereocenters. The Bertz CT molecular complexity index is 806. The van der Waals surface area contributed by atoms with Crippen molar-refractivity contribution < 1.29 is 9.90 Å². The van der Waals surface area contributed by atoms with Crippen molar-refractivity contribution in [3.8, 4) is 0 Å². The van der Waals surface area contributed by atoms with Gasteiger partial charge >= 0.3 is 0 Å². The monoisotopic (exact) mass is 327 g/mol. The number of aliphatic hydroxyl groups excluding tert-OH is 1. The summed E-state index contributed by atoms with van der Waals surface area (Å²) in [6.07, 6.45) is 4.26. The number of nitrogens with zero attached hydrogens (tertiary/aromatic N) is 2. The smallest absolute Gasteiger partial charge is 0.276 e. The Morgan fingerprint density at radius 1 is 1.38 bits per heavy atom. The molecule has 7 heteroatoms. The number of guanidine groups is 1. The summed E-state index contributed by atoms with van der Waals surface area (Å²) >= 11 is 0. The number of hydrogen-bond acceptors (Lipinski definition) is 5. The zero-order chi connectivity index (χ0) is 17.1. The highest BCUT2D eigenvalue weighted by Crippen LogP contribution is 2.17. The summed E-state index contributed by atoms with van der Waals surface area (Å²) in [6, 6.07) is 5.62. The van der Waals surface area contributed by atoms with Crippen LogP contribution < -0.4 is 10.6 Å². The molecule has 1 amide bonds. The number of nitrogens with one attached hydrogen (secondary N) is 3. The quantitative estimate of drug-likeness (QED) is 0.623. The van der Waals surface area contributed by atoms with Gasteiger partial charge < -0.3 is 10.4 Å². The van der Waals surface area contributed by atoms with E-state index in [2.05, 4.69) is 39.7 Å². The van der Waals surface area contributed by atoms with Crippen LogP contribution in [0, 0.1) is 5.92 Å². The number of aliphatic imine (C=N–C) groups is 1. The van der Waals surface area contributed by atoms with Gasteiger partial charge in [0, 0.05) is 5.39 Å². The maximum atomic E-state index is 12.1. The summed E-state index contributed by atoms with van der Waals surface area (Å²) in [4.78, 5) is 16.4. The molecule has 2 aromatic rings. The zero-order valence-electron chi connectivity index (χ0n) is 13.7. The first kappa shape index (κ1) is 16.2. The molecular formula is C17H21N5O2. The number of carbonyl (C=O) groups is 1. The van der Waals surface area contributed by atoms with Gasteiger partial charge in [0.05, 0.1) is 24.4 Å². The molecule has 0 fully saturated rings. The molecule has 1 aliphatic rings. The number of H-pyrrole nitrogens is 1. The lowest BCUT2D eigenvalue weighted by Crippen LogP contribution is -2.44. The lowest BCUT2D eigenvalue weighted by molar-refractivity contribution is -0.115. The van der Waals surface area contributed by atoms with Crippen molar-refractivity contribution in [1.82, 2.24) is 20.8 Å². The summed E-state index contributed by atoms with van der Waals surface area (Å²) < 4.78 is 0. The van der Waals surface area contributed by atoms with Crippen LogP contribution in [-0.4, -0.2) is 39.8 Å². The second-order valence-corrected chi connectivity index (χ2v) is 6.31. The molecule has 7 nitrogen and oxygen atoms in total. The fourth-order valence-corrected chi connectivity index (χ4v) is 2.69. The maximum absolute atomic E-state index is 12.1. The second-order valence-electron chi connectivity index (χ2n) is 6.31. The molecule has 0 saturated heterocycles. The van der Waals surface area contributed by atoms with E-state index in [0.29, 0.717) is 17.6 Å². The van der Waals surface area contributed by atoms with Crippen LogP contribution in [-0.2, 0) is 4.79 Å². The van der Waals surface area contributed by atoms with E-state index in [4.69, 9.17) is 0 Å². The summed E-state index contributed by atoms with van der Waals surface area (Å²) in [5.41, 5.74) is 2.15. The van der Waals surface area contributed by atoms with E-state index in [1.807, 2.05) is 18.2 Å². The highest BCUT2D eigenvalue weighted by atomic mass is 16.3. The predicted molar refractivity (Wildman–Crippen MR) is 93.1 cm³/mol. The van der Waals surface area contributed by atoms with E-state index < -0.39 is 0 Å². The van der Waals surface area contributed by atoms with Gasteiger partial charge in [0.15, 0.2) is 0 Å². The minimum absolute atomic E-state index is 0.0106. The number of benzene rings is 1. The van der Waals surface area contributed by atoms with Crippen molar-refractivity contribution in [3.63, 3.8) is 0 Å². The van der Waals surface area contributed by atoms with Crippen LogP contribution in [0.3, 0.4) is 0 Å². The van der Waals surface area contributed by atoms with Gasteiger partial charge in [-0.15, -0.1) is 0 Å². The van der Waals surface area contributed by atoms with Gasteiger partial charge in [-0.3, -0.25) is 15.2 Å². The maximum Gasteiger partial charge on any atom is 0.276 e. The summed E-state index contributed by atoms with van der Waals surface area (Å²) in [5, 5.41) is 23.0. The SMILES string of the molecule is CC(C)CC(CO)NC1=N/C(=C\c2ccc3[nH]ncc3c2)C(=O)N1. The van der Waals surface area contributed by atoms with E-state index in [-0.39, 0.29) is 18.6 Å². The fourth-order valence-electron chi connectivity index (χ4n) is 2.69. The average Bonchev–Trinajstić information content (AvgIpc) is 3.12. The van der Waals surface area contributed by atoms with Crippen LogP contribution in [0.2, 0.25) is 0 Å². The van der Waals surface area contributed by atoms with Crippen molar-refractivity contribution in [3.05, 3.63) is 35.7 Å². The Morgan fingerprint density at radius 3 is 2.96 bits per heavy atom. The summed E-state index contributed by atoms with van der Waals surface area (Å²) in [5.74, 6) is 0.561. The Hall–Kier alpha value is -2.67. The lowest BCUT2D eigenvalue weighted by atomic mass is 10.0. The fraction of sp³-hybridized carbons (Fsp3) is 0.353. The number of aromatic amines is 1. The molecule has 0 saturated carbocycles. The molecule has 0 bridgehead atoms. The van der Waals surface area contributed by atoms with Gasteiger partial charge in [-0.05, 0) is 36.1 Å². The van der Waals surface area contributed by atoms with Crippen molar-refractivity contribution in [1.29, 1.82) is 0 Å². The van der Waals surface area contributed by atoms with Gasteiger partial charge in [0.1, 0.15) is 5.70 Å². The summed E-state index contributed by atoms with van der Waals surface area (Å²) in [7, 11) is 0. The first-order valence-corrected chi connectivity index (χ1v) is 7.97. The molecule has 1 aromatic carbocycles. The third-order valence-corrected chi connectivity index (χ3v) is 3.78. The van der Waals surface area contributed by atoms with Crippen molar-refractivity contribution in [2.45, 2.75) is 26.3 Å². The van der Waals surface area contributed by atoms with E-state index >= 15 is 0 Å². The van der Waals surface area contributed by atoms with E-state index in [1.54, 1.807) is 12.3 Å². The topological polar surface area (TPSA) is 102 Å². The van der Waals surface area contributed by atoms with Crippen LogP contribution in [0.25, 0.3) is 17.0 Å². The van der Waals surface area contributed by atoms with Gasteiger partial charge in [-0.1, -0.05) is 19.9 Å². The van der Waals surface area contributed by atoms with Crippen LogP contribution in [0.5, 0.6) is 0 Å². The zero-order valence-corrected chi connectivity index (χ0v) is 13.7. The first-order chi connectivity index (χ1) is 11.5. The second kappa shape index (κ2) is 6.84. The van der Waals surface area contributed by atoms with E-state index in [9.17, 15) is 9.90 Å². The van der Waals surface area contributed by atoms with Crippen molar-refractivity contribution in [2.75, 3.05) is 6.61 Å². The van der Waals surface area contributed by atoms with E-state index in [1.165, 1.54) is 0 Å². The molecule has 0 spiro atoms. The first-order valence-electron chi connectivity index (χ1n) is 7.97. The number of rotatable bonds is 5. The number of aliphatic hydroxyl groups is 1. The number of fused-ring (bicyclic) bond motifs is 1. The number of hydrogen-bond donors (Lipinski definition) is 4. The van der Waals surface area contributed by atoms with Gasteiger partial charge in [0.2, 0.25) is 5.96 Å². The highest BCUT2D eigenvalue weighted by Gasteiger charge is 2.22. The molecule has 1 unspecified atom stereocenters. The van der Waals surface area contributed by atoms with Gasteiger partial charge in [0.25, 0.3) is 5.91 Å². The molecule has 3 rings (SSSR count). The molecule has 0 radical (unpaired) electrons. The molecule has 1 aliphatic heterocycles. The third-order valence-electron chi connectivity index (χ3n) is 3.78. The van der Waals surface area contributed by atoms with Gasteiger partial charge in [-0.25, -0.2) is 4.99 Å². The van der Waals surface area contributed by atoms with Crippen LogP contribution in [0.4, 0.5) is 0 Å². The van der Waals surface area contributed by atoms with Crippen LogP contribution in [0.1, 0.15) is 25.8 Å². The number of amides is 1. The Labute approximate surface area is 139 Å². The lowest BCUT2D eigenvalue weighted by Gasteiger charge is -2.18. The molecule has 1 aromatic heterocycles. The Balaban J connectivity index is 1.77. The van der Waals surface area contributed by atoms with Gasteiger partial charge in [-0.2, -0.15) is 5.10 Å². The standard InChI is InChI=1S/C17H21N5O2/c1-10(2)5-13(9-23)19-17-20-15(16(24)21-17)7-11-3-4-14-12(6-11)8-18-22-14/h3-4,6-8,10,13,23H,5,9H2,1-2H3,(H,18,22)(H2,19,20,21,24)/b15-7-. The minimum Gasteiger partial charge on any atom is -0.394 e. The average molecular weight is 327 g/mol. The Kier molecular flexibility index (Phi) is 4.61. The van der Waals surface area contributed by atoms with Crippen molar-refractivity contribution >= 4 is 28.8 Å². The molecule has 2 heterocycles. The van der Waals surface area contributed by atoms with Crippen molar-refractivity contribution in [2.24, 2.45) is 10.9 Å². The molecule has 126 valence electrons.